The standard InChI is InChI=1S/C16H18N4O2S/c1-2-3-11-23(21,22)20-14-9-7-13(8-10-14)18-16-6-4-5-15(12-17)19-16/h4-10,20H,2-3,11H2,1H3,(H,18,19). The van der Waals surface area contributed by atoms with Crippen molar-refractivity contribution in [1.82, 2.24) is 4.98 Å². The third-order valence-electron chi connectivity index (χ3n) is 3.06. The van der Waals surface area contributed by atoms with Crippen LogP contribution < -0.4 is 10.0 Å². The summed E-state index contributed by atoms with van der Waals surface area (Å²) >= 11 is 0. The van der Waals surface area contributed by atoms with Gasteiger partial charge in [0.05, 0.1) is 5.75 Å². The molecule has 0 unspecified atom stereocenters. The van der Waals surface area contributed by atoms with Gasteiger partial charge in [-0.25, -0.2) is 13.4 Å². The van der Waals surface area contributed by atoms with Crippen LogP contribution in [0.15, 0.2) is 42.5 Å². The minimum atomic E-state index is -3.30. The van der Waals surface area contributed by atoms with Crippen molar-refractivity contribution >= 4 is 27.2 Å². The number of nitrogens with one attached hydrogen (secondary N) is 2. The van der Waals surface area contributed by atoms with E-state index in [1.54, 1.807) is 42.5 Å². The molecule has 0 spiro atoms. The summed E-state index contributed by atoms with van der Waals surface area (Å²) in [4.78, 5) is 4.12. The summed E-state index contributed by atoms with van der Waals surface area (Å²) in [5.41, 5.74) is 1.60. The Morgan fingerprint density at radius 1 is 1.13 bits per heavy atom. The van der Waals surface area contributed by atoms with E-state index in [9.17, 15) is 8.42 Å². The van der Waals surface area contributed by atoms with Crippen LogP contribution in [0, 0.1) is 11.3 Å². The van der Waals surface area contributed by atoms with Gasteiger partial charge in [-0.3, -0.25) is 4.72 Å². The Bertz CT molecular complexity index is 796. The molecular formula is C16H18N4O2S. The van der Waals surface area contributed by atoms with E-state index in [0.29, 0.717) is 23.6 Å². The van der Waals surface area contributed by atoms with Crippen LogP contribution >= 0.6 is 0 Å². The molecule has 0 saturated carbocycles. The predicted octanol–water partition coefficient (Wildman–Crippen LogP) is 3.24. The summed E-state index contributed by atoms with van der Waals surface area (Å²) in [6, 6.07) is 14.0. The lowest BCUT2D eigenvalue weighted by Crippen LogP contribution is -2.16. The maximum absolute atomic E-state index is 11.8. The van der Waals surface area contributed by atoms with E-state index in [1.165, 1.54) is 0 Å². The van der Waals surface area contributed by atoms with E-state index < -0.39 is 10.0 Å². The molecule has 0 atom stereocenters. The van der Waals surface area contributed by atoms with Gasteiger partial charge in [0.2, 0.25) is 10.0 Å². The molecule has 2 rings (SSSR count). The van der Waals surface area contributed by atoms with Gasteiger partial charge in [0, 0.05) is 11.4 Å². The summed E-state index contributed by atoms with van der Waals surface area (Å²) in [6.45, 7) is 1.95. The highest BCUT2D eigenvalue weighted by molar-refractivity contribution is 7.92. The summed E-state index contributed by atoms with van der Waals surface area (Å²) < 4.78 is 26.2. The molecule has 7 heteroatoms. The molecule has 0 radical (unpaired) electrons. The van der Waals surface area contributed by atoms with Crippen molar-refractivity contribution in [1.29, 1.82) is 5.26 Å². The van der Waals surface area contributed by atoms with Crippen molar-refractivity contribution < 1.29 is 8.42 Å². The Morgan fingerprint density at radius 2 is 1.83 bits per heavy atom. The van der Waals surface area contributed by atoms with Gasteiger partial charge in [0.25, 0.3) is 0 Å². The van der Waals surface area contributed by atoms with E-state index in [4.69, 9.17) is 5.26 Å². The zero-order chi connectivity index (χ0) is 16.7. The molecule has 0 bridgehead atoms. The highest BCUT2D eigenvalue weighted by atomic mass is 32.2. The van der Waals surface area contributed by atoms with Crippen molar-refractivity contribution in [2.24, 2.45) is 0 Å². The molecule has 0 aliphatic heterocycles. The lowest BCUT2D eigenvalue weighted by atomic mass is 10.3. The Labute approximate surface area is 136 Å². The number of sulfonamides is 1. The number of hydrogen-bond donors (Lipinski definition) is 2. The van der Waals surface area contributed by atoms with Crippen LogP contribution in [0.2, 0.25) is 0 Å². The number of pyridine rings is 1. The summed E-state index contributed by atoms with van der Waals surface area (Å²) in [7, 11) is -3.30. The van der Waals surface area contributed by atoms with Gasteiger partial charge < -0.3 is 5.32 Å². The van der Waals surface area contributed by atoms with Crippen LogP contribution in [-0.4, -0.2) is 19.2 Å². The molecule has 0 aliphatic rings. The average molecular weight is 330 g/mol. The maximum atomic E-state index is 11.8. The monoisotopic (exact) mass is 330 g/mol. The normalized spacial score (nSPS) is 10.8. The smallest absolute Gasteiger partial charge is 0.232 e. The topological polar surface area (TPSA) is 94.9 Å². The van der Waals surface area contributed by atoms with E-state index in [2.05, 4.69) is 15.0 Å². The first-order valence-corrected chi connectivity index (χ1v) is 8.92. The fraction of sp³-hybridized carbons (Fsp3) is 0.250. The first-order chi connectivity index (χ1) is 11.0. The first-order valence-electron chi connectivity index (χ1n) is 7.27. The van der Waals surface area contributed by atoms with E-state index >= 15 is 0 Å². The molecule has 0 amide bonds. The fourth-order valence-corrected chi connectivity index (χ4v) is 3.17. The zero-order valence-corrected chi connectivity index (χ0v) is 13.6. The summed E-state index contributed by atoms with van der Waals surface area (Å²) in [5, 5.41) is 11.9. The number of unbranched alkanes of at least 4 members (excludes halogenated alkanes) is 1. The average Bonchev–Trinajstić information content (AvgIpc) is 2.55. The highest BCUT2D eigenvalue weighted by Gasteiger charge is 2.09. The quantitative estimate of drug-likeness (QED) is 0.812. The molecule has 23 heavy (non-hydrogen) atoms. The molecule has 0 aliphatic carbocycles. The molecule has 6 nitrogen and oxygen atoms in total. The fourth-order valence-electron chi connectivity index (χ4n) is 1.90. The Kier molecular flexibility index (Phi) is 5.55. The molecule has 0 saturated heterocycles. The molecule has 2 N–H and O–H groups in total. The van der Waals surface area contributed by atoms with Crippen molar-refractivity contribution in [3.8, 4) is 6.07 Å². The largest absolute Gasteiger partial charge is 0.340 e. The van der Waals surface area contributed by atoms with Crippen LogP contribution in [0.3, 0.4) is 0 Å². The first kappa shape index (κ1) is 16.8. The van der Waals surface area contributed by atoms with Gasteiger partial charge in [-0.1, -0.05) is 19.4 Å². The van der Waals surface area contributed by atoms with Gasteiger partial charge in [0.1, 0.15) is 17.6 Å². The second kappa shape index (κ2) is 7.61. The van der Waals surface area contributed by atoms with Gasteiger partial charge in [-0.15, -0.1) is 0 Å². The summed E-state index contributed by atoms with van der Waals surface area (Å²) in [6.07, 6.45) is 1.47. The minimum absolute atomic E-state index is 0.119. The molecular weight excluding hydrogens is 312 g/mol. The Balaban J connectivity index is 2.03. The van der Waals surface area contributed by atoms with Crippen molar-refractivity contribution in [2.45, 2.75) is 19.8 Å². The Hall–Kier alpha value is -2.59. The van der Waals surface area contributed by atoms with Gasteiger partial charge in [-0.05, 0) is 42.8 Å². The number of aromatic nitrogens is 1. The molecule has 1 heterocycles. The second-order valence-corrected chi connectivity index (χ2v) is 6.84. The number of benzene rings is 1. The number of nitrogens with zero attached hydrogens (tertiary/aromatic N) is 2. The maximum Gasteiger partial charge on any atom is 0.232 e. The molecule has 2 aromatic rings. The lowest BCUT2D eigenvalue weighted by molar-refractivity contribution is 0.598. The van der Waals surface area contributed by atoms with Crippen LogP contribution in [0.5, 0.6) is 0 Å². The van der Waals surface area contributed by atoms with Gasteiger partial charge in [0.15, 0.2) is 0 Å². The van der Waals surface area contributed by atoms with Crippen molar-refractivity contribution in [3.05, 3.63) is 48.2 Å². The number of nitriles is 1. The SMILES string of the molecule is CCCCS(=O)(=O)Nc1ccc(Nc2cccc(C#N)n2)cc1. The van der Waals surface area contributed by atoms with Crippen molar-refractivity contribution in [3.63, 3.8) is 0 Å². The van der Waals surface area contributed by atoms with Crippen LogP contribution in [0.4, 0.5) is 17.2 Å². The minimum Gasteiger partial charge on any atom is -0.340 e. The third kappa shape index (κ3) is 5.27. The summed E-state index contributed by atoms with van der Waals surface area (Å²) in [5.74, 6) is 0.675. The van der Waals surface area contributed by atoms with E-state index in [1.807, 2.05) is 13.0 Å². The number of anilines is 3. The molecule has 1 aromatic carbocycles. The van der Waals surface area contributed by atoms with Gasteiger partial charge in [-0.2, -0.15) is 5.26 Å². The zero-order valence-electron chi connectivity index (χ0n) is 12.8. The van der Waals surface area contributed by atoms with E-state index in [0.717, 1.165) is 12.1 Å². The number of hydrogen-bond acceptors (Lipinski definition) is 5. The van der Waals surface area contributed by atoms with E-state index in [-0.39, 0.29) is 5.75 Å². The van der Waals surface area contributed by atoms with Crippen LogP contribution in [-0.2, 0) is 10.0 Å². The highest BCUT2D eigenvalue weighted by Crippen LogP contribution is 2.18. The van der Waals surface area contributed by atoms with Crippen LogP contribution in [0.25, 0.3) is 0 Å². The number of rotatable bonds is 7. The van der Waals surface area contributed by atoms with Crippen LogP contribution in [0.1, 0.15) is 25.5 Å². The molecule has 1 aromatic heterocycles. The van der Waals surface area contributed by atoms with Gasteiger partial charge >= 0.3 is 0 Å². The third-order valence-corrected chi connectivity index (χ3v) is 4.43. The van der Waals surface area contributed by atoms with Crippen molar-refractivity contribution in [2.75, 3.05) is 15.8 Å². The Morgan fingerprint density at radius 3 is 2.48 bits per heavy atom. The second-order valence-electron chi connectivity index (χ2n) is 5.00. The predicted molar refractivity (Wildman–Crippen MR) is 91.0 cm³/mol. The molecule has 120 valence electrons. The molecule has 0 fully saturated rings. The lowest BCUT2D eigenvalue weighted by Gasteiger charge is -2.09.